The maximum atomic E-state index is 14.0. The number of amides is 10. The third-order valence-corrected chi connectivity index (χ3v) is 12.7. The molecule has 0 saturated carbocycles. The van der Waals surface area contributed by atoms with E-state index in [4.69, 9.17) is 5.73 Å². The fourth-order valence-electron chi connectivity index (χ4n) is 7.27. The number of thiol groups is 2. The van der Waals surface area contributed by atoms with E-state index in [1.54, 1.807) is 55.4 Å². The van der Waals surface area contributed by atoms with Crippen LogP contribution in [0.3, 0.4) is 0 Å². The number of carboxylic acids is 1. The van der Waals surface area contributed by atoms with E-state index in [2.05, 4.69) is 73.1 Å². The standard InChI is InChI=1S/C45H79N11O13S2/c1-11-23(7)34(52-31(58)18-48-38(61)27(16-21(3)4)49-43(66)36(26(10)57)53-32(59)17-47-37(60)25(9)46)42(65)54-33(22(5)6)40(63)50-28(19-70)44(67)56-15-13-14-30(56)39(62)55-35(24(8)12-2)41(64)51-29(20-71)45(68)69/h21-30,33-36,57,70-71H,11-20,46H2,1-10H3,(H,47,60)(H,48,61)(H,49,66)(H,50,63)(H,51,64)(H,52,58)(H,53,59)(H,54,65)(H,55,62)(H,68,69)/t23-,24-,25-,26+,27-,28-,29-,30-,33-,34-,35-,36-/m0/s1. The van der Waals surface area contributed by atoms with Crippen molar-refractivity contribution in [3.05, 3.63) is 0 Å². The van der Waals surface area contributed by atoms with Gasteiger partial charge in [0.05, 0.1) is 25.2 Å². The fraction of sp³-hybridized carbons (Fsp3) is 0.756. The SMILES string of the molecule is CC[C@H](C)[C@H](NC(=O)CNC(=O)[C@H](CC(C)C)NC(=O)[C@@H](NC(=O)CNC(=O)[C@H](C)N)[C@@H](C)O)C(=O)N[C@H](C(=O)N[C@@H](CS)C(=O)N1CCC[C@H]1C(=O)N[C@H](C(=O)N[C@@H](CS)C(=O)O)[C@@H](C)CC)C(C)C. The highest BCUT2D eigenvalue weighted by molar-refractivity contribution is 7.80. The molecule has 0 radical (unpaired) electrons. The van der Waals surface area contributed by atoms with Crippen molar-refractivity contribution >= 4 is 90.3 Å². The van der Waals surface area contributed by atoms with Crippen molar-refractivity contribution in [2.45, 2.75) is 162 Å². The van der Waals surface area contributed by atoms with Crippen LogP contribution < -0.4 is 53.6 Å². The van der Waals surface area contributed by atoms with Crippen molar-refractivity contribution in [3.63, 3.8) is 0 Å². The lowest BCUT2D eigenvalue weighted by Gasteiger charge is -2.32. The molecule has 1 saturated heterocycles. The summed E-state index contributed by atoms with van der Waals surface area (Å²) in [4.78, 5) is 146. The van der Waals surface area contributed by atoms with Gasteiger partial charge in [-0.15, -0.1) is 0 Å². The molecule has 1 rings (SSSR count). The van der Waals surface area contributed by atoms with Crippen LogP contribution in [0.1, 0.15) is 101 Å². The number of carboxylic acid groups (broad SMARTS) is 1. The molecule has 1 aliphatic rings. The summed E-state index contributed by atoms with van der Waals surface area (Å²) < 4.78 is 0. The van der Waals surface area contributed by atoms with Crippen LogP contribution >= 0.6 is 25.3 Å². The first-order chi connectivity index (χ1) is 33.1. The predicted octanol–water partition coefficient (Wildman–Crippen LogP) is -2.93. The van der Waals surface area contributed by atoms with Crippen molar-refractivity contribution in [2.24, 2.45) is 29.4 Å². The molecule has 404 valence electrons. The van der Waals surface area contributed by atoms with Gasteiger partial charge in [0.15, 0.2) is 0 Å². The number of carbonyl (C=O) groups excluding carboxylic acids is 10. The lowest BCUT2D eigenvalue weighted by atomic mass is 9.96. The quantitative estimate of drug-likeness (QED) is 0.0321. The second kappa shape index (κ2) is 31.3. The van der Waals surface area contributed by atoms with Gasteiger partial charge in [0, 0.05) is 18.1 Å². The molecule has 1 heterocycles. The summed E-state index contributed by atoms with van der Waals surface area (Å²) in [5, 5.41) is 42.3. The van der Waals surface area contributed by atoms with Gasteiger partial charge in [0.25, 0.3) is 0 Å². The van der Waals surface area contributed by atoms with Crippen molar-refractivity contribution in [1.82, 2.24) is 52.8 Å². The highest BCUT2D eigenvalue weighted by Gasteiger charge is 2.41. The van der Waals surface area contributed by atoms with E-state index in [0.717, 1.165) is 0 Å². The van der Waals surface area contributed by atoms with E-state index < -0.39 is 156 Å². The van der Waals surface area contributed by atoms with Crippen molar-refractivity contribution in [1.29, 1.82) is 0 Å². The number of aliphatic hydroxyl groups excluding tert-OH is 1. The summed E-state index contributed by atoms with van der Waals surface area (Å²) in [6.45, 7) is 15.5. The number of hydrogen-bond donors (Lipinski definition) is 14. The first kappa shape index (κ1) is 63.8. The molecule has 71 heavy (non-hydrogen) atoms. The van der Waals surface area contributed by atoms with Gasteiger partial charge in [-0.1, -0.05) is 68.2 Å². The largest absolute Gasteiger partial charge is 0.480 e. The van der Waals surface area contributed by atoms with Crippen LogP contribution in [0.15, 0.2) is 0 Å². The number of likely N-dealkylation sites (tertiary alicyclic amines) is 1. The van der Waals surface area contributed by atoms with E-state index in [-0.39, 0.29) is 36.8 Å². The molecule has 13 N–H and O–H groups in total. The first-order valence-corrected chi connectivity index (χ1v) is 25.3. The Labute approximate surface area is 427 Å². The lowest BCUT2D eigenvalue weighted by Crippen LogP contribution is -2.61. The minimum absolute atomic E-state index is 0.0856. The molecule has 0 spiro atoms. The fourth-order valence-corrected chi connectivity index (χ4v) is 7.76. The molecule has 1 aliphatic heterocycles. The molecule has 24 nitrogen and oxygen atoms in total. The third-order valence-electron chi connectivity index (χ3n) is 12.0. The van der Waals surface area contributed by atoms with Crippen molar-refractivity contribution in [2.75, 3.05) is 31.1 Å². The lowest BCUT2D eigenvalue weighted by molar-refractivity contribution is -0.143. The predicted molar refractivity (Wildman–Crippen MR) is 268 cm³/mol. The van der Waals surface area contributed by atoms with Crippen LogP contribution in [0, 0.1) is 23.7 Å². The third kappa shape index (κ3) is 20.8. The topological polar surface area (TPSA) is 366 Å². The van der Waals surface area contributed by atoms with E-state index in [9.17, 15) is 63.0 Å². The average molecular weight is 1050 g/mol. The Bertz CT molecular complexity index is 1880. The number of rotatable bonds is 30. The van der Waals surface area contributed by atoms with Crippen LogP contribution in [0.5, 0.6) is 0 Å². The maximum Gasteiger partial charge on any atom is 0.327 e. The van der Waals surface area contributed by atoms with Gasteiger partial charge in [-0.25, -0.2) is 4.79 Å². The highest BCUT2D eigenvalue weighted by Crippen LogP contribution is 2.21. The maximum absolute atomic E-state index is 14.0. The zero-order chi connectivity index (χ0) is 54.4. The van der Waals surface area contributed by atoms with Crippen molar-refractivity contribution in [3.8, 4) is 0 Å². The molecule has 12 atom stereocenters. The summed E-state index contributed by atoms with van der Waals surface area (Å²) in [5.41, 5.74) is 5.48. The zero-order valence-corrected chi connectivity index (χ0v) is 44.2. The Kier molecular flexibility index (Phi) is 28.1. The molecular weight excluding hydrogens is 967 g/mol. The average Bonchev–Trinajstić information content (AvgIpc) is 3.81. The van der Waals surface area contributed by atoms with Crippen LogP contribution in [0.4, 0.5) is 0 Å². The number of nitrogens with two attached hydrogens (primary N) is 1. The van der Waals surface area contributed by atoms with E-state index in [0.29, 0.717) is 19.3 Å². The monoisotopic (exact) mass is 1050 g/mol. The number of aliphatic hydroxyl groups is 1. The van der Waals surface area contributed by atoms with E-state index >= 15 is 0 Å². The van der Waals surface area contributed by atoms with Gasteiger partial charge in [0.1, 0.15) is 48.3 Å². The summed E-state index contributed by atoms with van der Waals surface area (Å²) >= 11 is 8.30. The van der Waals surface area contributed by atoms with Crippen LogP contribution in [-0.2, 0) is 52.7 Å². The molecular formula is C45H79N11O13S2. The molecule has 0 unspecified atom stereocenters. The summed E-state index contributed by atoms with van der Waals surface area (Å²) in [6.07, 6.45) is 0.183. The van der Waals surface area contributed by atoms with Gasteiger partial charge < -0.3 is 68.7 Å². The Morgan fingerprint density at radius 1 is 0.592 bits per heavy atom. The number of aliphatic carboxylic acids is 1. The molecule has 0 aromatic rings. The Morgan fingerprint density at radius 2 is 1.04 bits per heavy atom. The van der Waals surface area contributed by atoms with Gasteiger partial charge in [-0.2, -0.15) is 25.3 Å². The van der Waals surface area contributed by atoms with Crippen molar-refractivity contribution < 1.29 is 63.0 Å². The van der Waals surface area contributed by atoms with E-state index in [1.165, 1.54) is 18.7 Å². The van der Waals surface area contributed by atoms with Gasteiger partial charge in [0.2, 0.25) is 59.1 Å². The van der Waals surface area contributed by atoms with Crippen LogP contribution in [-0.4, -0.2) is 172 Å². The number of carbonyl (C=O) groups is 11. The first-order valence-electron chi connectivity index (χ1n) is 24.0. The second-order valence-electron chi connectivity index (χ2n) is 18.7. The normalized spacial score (nSPS) is 18.1. The molecule has 26 heteroatoms. The summed E-state index contributed by atoms with van der Waals surface area (Å²) in [6, 6.07) is -10.8. The molecule has 10 amide bonds. The minimum atomic E-state index is -1.52. The number of nitrogens with one attached hydrogen (secondary N) is 9. The molecule has 0 aliphatic carbocycles. The number of nitrogens with zero attached hydrogens (tertiary/aromatic N) is 1. The zero-order valence-electron chi connectivity index (χ0n) is 42.5. The van der Waals surface area contributed by atoms with Crippen LogP contribution in [0.2, 0.25) is 0 Å². The second-order valence-corrected chi connectivity index (χ2v) is 19.5. The smallest absolute Gasteiger partial charge is 0.327 e. The summed E-state index contributed by atoms with van der Waals surface area (Å²) in [5.74, 6) is -10.7. The van der Waals surface area contributed by atoms with Gasteiger partial charge in [-0.05, 0) is 56.8 Å². The Balaban J connectivity index is 3.13. The Morgan fingerprint density at radius 3 is 1.51 bits per heavy atom. The minimum Gasteiger partial charge on any atom is -0.480 e. The Hall–Kier alpha value is -5.21. The molecule has 0 aromatic carbocycles. The molecule has 0 bridgehead atoms. The molecule has 1 fully saturated rings. The van der Waals surface area contributed by atoms with Gasteiger partial charge >= 0.3 is 5.97 Å². The summed E-state index contributed by atoms with van der Waals surface area (Å²) in [7, 11) is 0. The highest BCUT2D eigenvalue weighted by atomic mass is 32.1. The molecule has 0 aromatic heterocycles. The van der Waals surface area contributed by atoms with E-state index in [1.807, 2.05) is 0 Å². The van der Waals surface area contributed by atoms with Gasteiger partial charge in [-0.3, -0.25) is 47.9 Å². The number of hydrogen-bond acceptors (Lipinski definition) is 15. The van der Waals surface area contributed by atoms with Crippen LogP contribution in [0.25, 0.3) is 0 Å².